The molecule has 0 bridgehead atoms. The molecule has 0 saturated carbocycles. The number of halogens is 1. The fraction of sp³-hybridized carbons (Fsp3) is 0.0769. The second-order valence-corrected chi connectivity index (χ2v) is 4.55. The summed E-state index contributed by atoms with van der Waals surface area (Å²) in [6, 6.07) is 12.2. The Bertz CT molecular complexity index is 622. The van der Waals surface area contributed by atoms with Gasteiger partial charge in [-0.25, -0.2) is 4.79 Å². The van der Waals surface area contributed by atoms with Gasteiger partial charge >= 0.3 is 5.97 Å². The summed E-state index contributed by atoms with van der Waals surface area (Å²) in [4.78, 5) is 22.5. The molecule has 0 saturated heterocycles. The number of hydrogen-bond donors (Lipinski definition) is 1. The van der Waals surface area contributed by atoms with Crippen LogP contribution in [-0.4, -0.2) is 15.6 Å². The van der Waals surface area contributed by atoms with Crippen LogP contribution in [0.4, 0.5) is 0 Å². The van der Waals surface area contributed by atoms with Crippen molar-refractivity contribution >= 4 is 21.9 Å². The number of carboxylic acids is 1. The van der Waals surface area contributed by atoms with Gasteiger partial charge in [-0.15, -0.1) is 0 Å². The number of aromatic carboxylic acids is 1. The molecule has 92 valence electrons. The van der Waals surface area contributed by atoms with Gasteiger partial charge in [0.05, 0.1) is 0 Å². The Morgan fingerprint density at radius 3 is 2.44 bits per heavy atom. The highest BCUT2D eigenvalue weighted by atomic mass is 79.9. The zero-order valence-corrected chi connectivity index (χ0v) is 10.9. The summed E-state index contributed by atoms with van der Waals surface area (Å²) in [7, 11) is 0. The van der Waals surface area contributed by atoms with Gasteiger partial charge in [-0.3, -0.25) is 9.36 Å². The summed E-state index contributed by atoms with van der Waals surface area (Å²) in [6.07, 6.45) is 1.56. The highest BCUT2D eigenvalue weighted by Crippen LogP contribution is 2.22. The van der Waals surface area contributed by atoms with Gasteiger partial charge < -0.3 is 5.11 Å². The first-order chi connectivity index (χ1) is 8.61. The lowest BCUT2D eigenvalue weighted by atomic mass is 10.2. The van der Waals surface area contributed by atoms with Crippen LogP contribution in [0.25, 0.3) is 0 Å². The number of pyridine rings is 1. The summed E-state index contributed by atoms with van der Waals surface area (Å²) >= 11 is 3.40. The first kappa shape index (κ1) is 12.6. The predicted octanol–water partition coefficient (Wildman–Crippen LogP) is 2.49. The van der Waals surface area contributed by atoms with E-state index < -0.39 is 11.5 Å². The van der Waals surface area contributed by atoms with E-state index in [1.54, 1.807) is 12.3 Å². The van der Waals surface area contributed by atoms with Gasteiger partial charge in [-0.1, -0.05) is 46.3 Å². The van der Waals surface area contributed by atoms with Crippen LogP contribution >= 0.6 is 15.9 Å². The molecule has 1 unspecified atom stereocenters. The number of carboxylic acid groups (broad SMARTS) is 1. The zero-order valence-electron chi connectivity index (χ0n) is 9.29. The van der Waals surface area contributed by atoms with Gasteiger partial charge in [0.2, 0.25) is 0 Å². The fourth-order valence-electron chi connectivity index (χ4n) is 1.62. The molecule has 2 aromatic rings. The molecular formula is C13H10BrNO3. The molecule has 0 aliphatic carbocycles. The first-order valence-electron chi connectivity index (χ1n) is 5.24. The number of carbonyl (C=O) groups is 1. The molecule has 18 heavy (non-hydrogen) atoms. The third-order valence-corrected chi connectivity index (χ3v) is 3.49. The molecule has 0 amide bonds. The zero-order chi connectivity index (χ0) is 13.1. The maximum absolute atomic E-state index is 12.0. The van der Waals surface area contributed by atoms with E-state index in [1.807, 2.05) is 30.3 Å². The van der Waals surface area contributed by atoms with Crippen molar-refractivity contribution < 1.29 is 9.90 Å². The molecule has 0 fully saturated rings. The number of nitrogens with zero attached hydrogens (tertiary/aromatic N) is 1. The predicted molar refractivity (Wildman–Crippen MR) is 71.2 cm³/mol. The van der Waals surface area contributed by atoms with Gasteiger partial charge in [-0.2, -0.15) is 0 Å². The second kappa shape index (κ2) is 5.18. The van der Waals surface area contributed by atoms with Crippen LogP contribution in [0.2, 0.25) is 0 Å². The van der Waals surface area contributed by atoms with Gasteiger partial charge in [0.25, 0.3) is 5.56 Å². The van der Waals surface area contributed by atoms with E-state index in [9.17, 15) is 9.59 Å². The monoisotopic (exact) mass is 307 g/mol. The summed E-state index contributed by atoms with van der Waals surface area (Å²) < 4.78 is 1.35. The maximum Gasteiger partial charge on any atom is 0.341 e. The topological polar surface area (TPSA) is 59.3 Å². The van der Waals surface area contributed by atoms with Gasteiger partial charge in [-0.05, 0) is 17.7 Å². The lowest BCUT2D eigenvalue weighted by Crippen LogP contribution is -2.27. The minimum atomic E-state index is -1.22. The van der Waals surface area contributed by atoms with Crippen LogP contribution in [0, 0.1) is 0 Å². The van der Waals surface area contributed by atoms with Gasteiger partial charge in [0, 0.05) is 6.20 Å². The Morgan fingerprint density at radius 2 is 1.83 bits per heavy atom. The van der Waals surface area contributed by atoms with E-state index in [0.717, 1.165) is 5.56 Å². The molecule has 1 aromatic carbocycles. The van der Waals surface area contributed by atoms with E-state index in [-0.39, 0.29) is 10.5 Å². The van der Waals surface area contributed by atoms with Crippen LogP contribution in [-0.2, 0) is 0 Å². The molecule has 1 N–H and O–H groups in total. The van der Waals surface area contributed by atoms with E-state index in [2.05, 4.69) is 15.9 Å². The lowest BCUT2D eigenvalue weighted by molar-refractivity contribution is 0.0694. The average Bonchev–Trinajstić information content (AvgIpc) is 2.39. The molecule has 0 radical (unpaired) electrons. The van der Waals surface area contributed by atoms with Crippen LogP contribution in [0.5, 0.6) is 0 Å². The Balaban J connectivity index is 2.50. The Hall–Kier alpha value is -1.88. The minimum Gasteiger partial charge on any atom is -0.477 e. The summed E-state index contributed by atoms with van der Waals surface area (Å²) in [5.41, 5.74) is 0.107. The summed E-state index contributed by atoms with van der Waals surface area (Å²) in [6.45, 7) is 0. The lowest BCUT2D eigenvalue weighted by Gasteiger charge is -2.14. The molecule has 4 nitrogen and oxygen atoms in total. The van der Waals surface area contributed by atoms with E-state index in [0.29, 0.717) is 0 Å². The van der Waals surface area contributed by atoms with E-state index in [1.165, 1.54) is 10.6 Å². The summed E-state index contributed by atoms with van der Waals surface area (Å²) in [5, 5.41) is 8.91. The molecule has 5 heteroatoms. The Labute approximate surface area is 112 Å². The minimum absolute atomic E-state index is 0.238. The molecule has 1 heterocycles. The van der Waals surface area contributed by atoms with Crippen LogP contribution < -0.4 is 5.56 Å². The fourth-order valence-corrected chi connectivity index (χ4v) is 2.25. The highest BCUT2D eigenvalue weighted by molar-refractivity contribution is 9.09. The van der Waals surface area contributed by atoms with Crippen molar-refractivity contribution in [1.29, 1.82) is 0 Å². The van der Waals surface area contributed by atoms with Crippen LogP contribution in [0.1, 0.15) is 20.9 Å². The van der Waals surface area contributed by atoms with E-state index >= 15 is 0 Å². The molecule has 2 rings (SSSR count). The van der Waals surface area contributed by atoms with Crippen molar-refractivity contribution in [3.63, 3.8) is 0 Å². The first-order valence-corrected chi connectivity index (χ1v) is 6.16. The van der Waals surface area contributed by atoms with E-state index in [4.69, 9.17) is 5.11 Å². The number of benzene rings is 1. The molecular weight excluding hydrogens is 298 g/mol. The van der Waals surface area contributed by atoms with Crippen molar-refractivity contribution in [1.82, 2.24) is 4.57 Å². The molecule has 0 spiro atoms. The van der Waals surface area contributed by atoms with Crippen LogP contribution in [0.3, 0.4) is 0 Å². The molecule has 1 atom stereocenters. The second-order valence-electron chi connectivity index (χ2n) is 3.69. The standard InChI is InChI=1S/C13H10BrNO3/c14-11(9-5-2-1-3-6-9)15-8-4-7-10(12(15)16)13(17)18/h1-8,11H,(H,17,18). The molecule has 1 aromatic heterocycles. The quantitative estimate of drug-likeness (QED) is 0.886. The van der Waals surface area contributed by atoms with Crippen LogP contribution in [0.15, 0.2) is 53.5 Å². The van der Waals surface area contributed by atoms with Crippen molar-refractivity contribution in [3.8, 4) is 0 Å². The number of alkyl halides is 1. The van der Waals surface area contributed by atoms with Crippen molar-refractivity contribution in [2.75, 3.05) is 0 Å². The number of aromatic nitrogens is 1. The largest absolute Gasteiger partial charge is 0.477 e. The third-order valence-electron chi connectivity index (χ3n) is 2.52. The third kappa shape index (κ3) is 2.36. The molecule has 0 aliphatic heterocycles. The number of rotatable bonds is 3. The number of hydrogen-bond acceptors (Lipinski definition) is 2. The molecule has 0 aliphatic rings. The maximum atomic E-state index is 12.0. The average molecular weight is 308 g/mol. The van der Waals surface area contributed by atoms with Gasteiger partial charge in [0.15, 0.2) is 0 Å². The Kier molecular flexibility index (Phi) is 3.62. The Morgan fingerprint density at radius 1 is 1.17 bits per heavy atom. The van der Waals surface area contributed by atoms with Crippen molar-refractivity contribution in [2.45, 2.75) is 4.95 Å². The van der Waals surface area contributed by atoms with Crippen molar-refractivity contribution in [3.05, 3.63) is 70.1 Å². The SMILES string of the molecule is O=C(O)c1cccn(C(Br)c2ccccc2)c1=O. The van der Waals surface area contributed by atoms with Gasteiger partial charge in [0.1, 0.15) is 10.5 Å². The van der Waals surface area contributed by atoms with Crippen molar-refractivity contribution in [2.24, 2.45) is 0 Å². The smallest absolute Gasteiger partial charge is 0.341 e. The highest BCUT2D eigenvalue weighted by Gasteiger charge is 2.15. The summed E-state index contributed by atoms with van der Waals surface area (Å²) in [5.74, 6) is -1.22. The normalized spacial score (nSPS) is 12.1.